The normalized spacial score (nSPS) is 11.0. The minimum Gasteiger partial charge on any atom is -0.493 e. The molecular weight excluding hydrogens is 306 g/mol. The predicted molar refractivity (Wildman–Crippen MR) is 93.9 cm³/mol. The zero-order valence-corrected chi connectivity index (χ0v) is 14.2. The summed E-state index contributed by atoms with van der Waals surface area (Å²) >= 11 is 0. The lowest BCUT2D eigenvalue weighted by Gasteiger charge is -2.15. The summed E-state index contributed by atoms with van der Waals surface area (Å²) in [5.74, 6) is 2.48. The number of hydrogen-bond donors (Lipinski definition) is 1. The van der Waals surface area contributed by atoms with Gasteiger partial charge in [-0.1, -0.05) is 37.2 Å². The Labute approximate surface area is 142 Å². The van der Waals surface area contributed by atoms with Gasteiger partial charge in [0.15, 0.2) is 11.5 Å². The first kappa shape index (κ1) is 17.7. The van der Waals surface area contributed by atoms with Crippen LogP contribution in [0.4, 0.5) is 0 Å². The van der Waals surface area contributed by atoms with Crippen LogP contribution in [0.2, 0.25) is 0 Å². The van der Waals surface area contributed by atoms with Crippen molar-refractivity contribution in [1.82, 2.24) is 0 Å². The van der Waals surface area contributed by atoms with Crippen molar-refractivity contribution in [2.75, 3.05) is 20.3 Å². The summed E-state index contributed by atoms with van der Waals surface area (Å²) in [4.78, 5) is 0. The van der Waals surface area contributed by atoms with Crippen LogP contribution in [0.1, 0.15) is 30.9 Å². The van der Waals surface area contributed by atoms with E-state index in [9.17, 15) is 0 Å². The average Bonchev–Trinajstić information content (AvgIpc) is 2.59. The van der Waals surface area contributed by atoms with E-state index in [0.29, 0.717) is 30.6 Å². The molecule has 5 heteroatoms. The summed E-state index contributed by atoms with van der Waals surface area (Å²) in [5, 5.41) is 11.6. The third kappa shape index (κ3) is 4.65. The molecule has 128 valence electrons. The molecular formula is C19H23NO4. The van der Waals surface area contributed by atoms with Gasteiger partial charge in [0.25, 0.3) is 0 Å². The highest BCUT2D eigenvalue weighted by Gasteiger charge is 2.08. The zero-order chi connectivity index (χ0) is 17.4. The number of rotatable bonds is 8. The average molecular weight is 329 g/mol. The van der Waals surface area contributed by atoms with Crippen molar-refractivity contribution in [3.63, 3.8) is 0 Å². The van der Waals surface area contributed by atoms with Gasteiger partial charge in [0.1, 0.15) is 19.0 Å². The Morgan fingerprint density at radius 1 is 1.00 bits per heavy atom. The molecule has 0 aliphatic carbocycles. The molecule has 0 radical (unpaired) electrons. The maximum Gasteiger partial charge on any atom is 0.161 e. The first-order valence-electron chi connectivity index (χ1n) is 7.85. The third-order valence-electron chi connectivity index (χ3n) is 3.53. The molecule has 0 aromatic heterocycles. The van der Waals surface area contributed by atoms with Crippen LogP contribution >= 0.6 is 0 Å². The Balaban J connectivity index is 1.96. The highest BCUT2D eigenvalue weighted by atomic mass is 16.5. The van der Waals surface area contributed by atoms with E-state index >= 15 is 0 Å². The molecule has 0 amide bonds. The van der Waals surface area contributed by atoms with Crippen molar-refractivity contribution in [3.8, 4) is 17.2 Å². The molecule has 5 nitrogen and oxygen atoms in total. The second-order valence-electron chi connectivity index (χ2n) is 5.54. The fourth-order valence-corrected chi connectivity index (χ4v) is 2.35. The van der Waals surface area contributed by atoms with E-state index < -0.39 is 0 Å². The Morgan fingerprint density at radius 3 is 2.38 bits per heavy atom. The molecule has 0 heterocycles. The molecule has 0 aliphatic heterocycles. The van der Waals surface area contributed by atoms with Gasteiger partial charge < -0.3 is 19.4 Å². The number of benzene rings is 2. The maximum atomic E-state index is 8.63. The molecule has 2 aromatic rings. The number of oxime groups is 1. The van der Waals surface area contributed by atoms with Gasteiger partial charge in [0.05, 0.1) is 13.3 Å². The van der Waals surface area contributed by atoms with E-state index in [4.69, 9.17) is 19.4 Å². The third-order valence-corrected chi connectivity index (χ3v) is 3.53. The second kappa shape index (κ2) is 8.82. The minimum absolute atomic E-state index is 0.377. The summed E-state index contributed by atoms with van der Waals surface area (Å²) < 4.78 is 16.9. The Bertz CT molecular complexity index is 683. The molecule has 2 rings (SSSR count). The fraction of sp³-hybridized carbons (Fsp3) is 0.316. The molecule has 24 heavy (non-hydrogen) atoms. The Morgan fingerprint density at radius 2 is 1.71 bits per heavy atom. The lowest BCUT2D eigenvalue weighted by atomic mass is 10.0. The fourth-order valence-electron chi connectivity index (χ4n) is 2.35. The molecule has 0 saturated carbocycles. The smallest absolute Gasteiger partial charge is 0.161 e. The summed E-state index contributed by atoms with van der Waals surface area (Å²) in [7, 11) is 1.58. The van der Waals surface area contributed by atoms with Gasteiger partial charge in [-0.25, -0.2) is 0 Å². The predicted octanol–water partition coefficient (Wildman–Crippen LogP) is 4.08. The van der Waals surface area contributed by atoms with Crippen LogP contribution < -0.4 is 14.2 Å². The van der Waals surface area contributed by atoms with Crippen LogP contribution in [0.15, 0.2) is 47.6 Å². The van der Waals surface area contributed by atoms with E-state index in [1.54, 1.807) is 25.3 Å². The Kier molecular flexibility index (Phi) is 6.49. The largest absolute Gasteiger partial charge is 0.493 e. The van der Waals surface area contributed by atoms with Crippen LogP contribution in [0.25, 0.3) is 0 Å². The van der Waals surface area contributed by atoms with Gasteiger partial charge in [-0.15, -0.1) is 0 Å². The molecule has 0 spiro atoms. The minimum atomic E-state index is 0.377. The lowest BCUT2D eigenvalue weighted by Crippen LogP contribution is -2.11. The molecule has 2 aromatic carbocycles. The quantitative estimate of drug-likeness (QED) is 0.343. The van der Waals surface area contributed by atoms with Gasteiger partial charge in [-0.3, -0.25) is 0 Å². The standard InChI is InChI=1S/C19H23NO4/c1-14(2)16-6-4-5-7-17(16)23-10-11-24-19-12-15(13-20-21)8-9-18(19)22-3/h4-9,12-14,21H,10-11H2,1-3H3. The highest BCUT2D eigenvalue weighted by molar-refractivity contribution is 5.80. The molecule has 0 aliphatic rings. The van der Waals surface area contributed by atoms with Crippen LogP contribution in [0.3, 0.4) is 0 Å². The highest BCUT2D eigenvalue weighted by Crippen LogP contribution is 2.28. The van der Waals surface area contributed by atoms with Crippen LogP contribution in [0, 0.1) is 0 Å². The monoisotopic (exact) mass is 329 g/mol. The van der Waals surface area contributed by atoms with Gasteiger partial charge in [-0.2, -0.15) is 0 Å². The van der Waals surface area contributed by atoms with Gasteiger partial charge >= 0.3 is 0 Å². The first-order valence-corrected chi connectivity index (χ1v) is 7.85. The molecule has 0 atom stereocenters. The lowest BCUT2D eigenvalue weighted by molar-refractivity contribution is 0.210. The second-order valence-corrected chi connectivity index (χ2v) is 5.54. The summed E-state index contributed by atoms with van der Waals surface area (Å²) in [5.41, 5.74) is 1.90. The molecule has 0 unspecified atom stereocenters. The number of nitrogens with zero attached hydrogens (tertiary/aromatic N) is 1. The van der Waals surface area contributed by atoms with Crippen molar-refractivity contribution in [3.05, 3.63) is 53.6 Å². The summed E-state index contributed by atoms with van der Waals surface area (Å²) in [6.07, 6.45) is 1.34. The van der Waals surface area contributed by atoms with Crippen molar-refractivity contribution in [1.29, 1.82) is 0 Å². The summed E-state index contributed by atoms with van der Waals surface area (Å²) in [6.45, 7) is 5.07. The van der Waals surface area contributed by atoms with E-state index in [2.05, 4.69) is 25.1 Å². The number of para-hydroxylation sites is 1. The number of methoxy groups -OCH3 is 1. The van der Waals surface area contributed by atoms with Crippen LogP contribution in [0.5, 0.6) is 17.2 Å². The topological polar surface area (TPSA) is 60.3 Å². The maximum absolute atomic E-state index is 8.63. The van der Waals surface area contributed by atoms with Crippen molar-refractivity contribution in [2.45, 2.75) is 19.8 Å². The van der Waals surface area contributed by atoms with Crippen molar-refractivity contribution >= 4 is 6.21 Å². The zero-order valence-electron chi connectivity index (χ0n) is 14.2. The van der Waals surface area contributed by atoms with Crippen LogP contribution in [-0.2, 0) is 0 Å². The van der Waals surface area contributed by atoms with Crippen molar-refractivity contribution < 1.29 is 19.4 Å². The first-order chi connectivity index (χ1) is 11.7. The van der Waals surface area contributed by atoms with E-state index in [-0.39, 0.29) is 0 Å². The molecule has 1 N–H and O–H groups in total. The molecule has 0 saturated heterocycles. The van der Waals surface area contributed by atoms with Crippen molar-refractivity contribution in [2.24, 2.45) is 5.16 Å². The van der Waals surface area contributed by atoms with Gasteiger partial charge in [0, 0.05) is 5.56 Å². The summed E-state index contributed by atoms with van der Waals surface area (Å²) in [6, 6.07) is 13.3. The van der Waals surface area contributed by atoms with Gasteiger partial charge in [-0.05, 0) is 35.7 Å². The number of hydrogen-bond acceptors (Lipinski definition) is 5. The number of ether oxygens (including phenoxy) is 3. The SMILES string of the molecule is COc1ccc(C=NO)cc1OCCOc1ccccc1C(C)C. The Hall–Kier alpha value is -2.69. The molecule has 0 bridgehead atoms. The van der Waals surface area contributed by atoms with E-state index in [1.165, 1.54) is 11.8 Å². The van der Waals surface area contributed by atoms with E-state index in [0.717, 1.165) is 11.3 Å². The van der Waals surface area contributed by atoms with Crippen LogP contribution in [-0.4, -0.2) is 31.7 Å². The van der Waals surface area contributed by atoms with E-state index in [1.807, 2.05) is 18.2 Å². The van der Waals surface area contributed by atoms with Gasteiger partial charge in [0.2, 0.25) is 0 Å². The molecule has 0 fully saturated rings.